The second-order valence-electron chi connectivity index (χ2n) is 4.28. The standard InChI is InChI=1S/C10H14N4O3S/c1-6-11-9(18-13-6)12-10(17)14-3-2-7(5-14)4-8(15)16/h7H,2-5H2,1H3,(H,15,16)(H,11,12,13,17). The molecule has 0 saturated carbocycles. The lowest BCUT2D eigenvalue weighted by Gasteiger charge is -2.15. The topological polar surface area (TPSA) is 95.4 Å². The molecule has 0 spiro atoms. The van der Waals surface area contributed by atoms with Crippen LogP contribution in [0.1, 0.15) is 18.7 Å². The molecule has 1 saturated heterocycles. The van der Waals surface area contributed by atoms with Crippen molar-refractivity contribution < 1.29 is 14.7 Å². The van der Waals surface area contributed by atoms with Gasteiger partial charge in [0.2, 0.25) is 5.13 Å². The van der Waals surface area contributed by atoms with E-state index in [9.17, 15) is 9.59 Å². The van der Waals surface area contributed by atoms with Gasteiger partial charge in [0.05, 0.1) is 0 Å². The molecule has 8 heteroatoms. The molecule has 0 radical (unpaired) electrons. The van der Waals surface area contributed by atoms with Crippen LogP contribution in [0.5, 0.6) is 0 Å². The Kier molecular flexibility index (Phi) is 3.75. The molecule has 1 aromatic rings. The zero-order valence-corrected chi connectivity index (χ0v) is 10.7. The Bertz CT molecular complexity index is 462. The summed E-state index contributed by atoms with van der Waals surface area (Å²) in [7, 11) is 0. The lowest BCUT2D eigenvalue weighted by molar-refractivity contribution is -0.138. The van der Waals surface area contributed by atoms with Crippen molar-refractivity contribution in [2.75, 3.05) is 18.4 Å². The zero-order valence-electron chi connectivity index (χ0n) is 9.92. The van der Waals surface area contributed by atoms with Gasteiger partial charge >= 0.3 is 12.0 Å². The highest BCUT2D eigenvalue weighted by Crippen LogP contribution is 2.20. The second-order valence-corrected chi connectivity index (χ2v) is 5.03. The minimum Gasteiger partial charge on any atom is -0.481 e. The third kappa shape index (κ3) is 3.16. The molecular weight excluding hydrogens is 256 g/mol. The number of nitrogens with one attached hydrogen (secondary N) is 1. The van der Waals surface area contributed by atoms with E-state index < -0.39 is 5.97 Å². The van der Waals surface area contributed by atoms with Gasteiger partial charge in [0.25, 0.3) is 0 Å². The number of amides is 2. The van der Waals surface area contributed by atoms with Crippen molar-refractivity contribution in [1.82, 2.24) is 14.3 Å². The van der Waals surface area contributed by atoms with Gasteiger partial charge in [0.15, 0.2) is 0 Å². The van der Waals surface area contributed by atoms with E-state index in [4.69, 9.17) is 5.11 Å². The van der Waals surface area contributed by atoms with Gasteiger partial charge in [-0.3, -0.25) is 10.1 Å². The highest BCUT2D eigenvalue weighted by Gasteiger charge is 2.28. The molecule has 2 amide bonds. The van der Waals surface area contributed by atoms with Gasteiger partial charge in [0.1, 0.15) is 5.82 Å². The third-order valence-corrected chi connectivity index (χ3v) is 3.50. The Balaban J connectivity index is 1.85. The number of carboxylic acid groups (broad SMARTS) is 1. The van der Waals surface area contributed by atoms with Crippen molar-refractivity contribution in [2.24, 2.45) is 5.92 Å². The number of urea groups is 1. The lowest BCUT2D eigenvalue weighted by Crippen LogP contribution is -2.33. The van der Waals surface area contributed by atoms with E-state index in [-0.39, 0.29) is 18.4 Å². The second kappa shape index (κ2) is 5.30. The van der Waals surface area contributed by atoms with Crippen LogP contribution in [0.3, 0.4) is 0 Å². The first-order valence-electron chi connectivity index (χ1n) is 5.62. The number of hydrogen-bond acceptors (Lipinski definition) is 5. The van der Waals surface area contributed by atoms with Crippen LogP contribution in [0.2, 0.25) is 0 Å². The Hall–Kier alpha value is -1.70. The van der Waals surface area contributed by atoms with Crippen LogP contribution in [0.4, 0.5) is 9.93 Å². The summed E-state index contributed by atoms with van der Waals surface area (Å²) in [6, 6.07) is -0.237. The minimum atomic E-state index is -0.818. The first kappa shape index (κ1) is 12.7. The fraction of sp³-hybridized carbons (Fsp3) is 0.600. The van der Waals surface area contributed by atoms with Crippen molar-refractivity contribution in [3.63, 3.8) is 0 Å². The van der Waals surface area contributed by atoms with Gasteiger partial charge in [-0.1, -0.05) is 0 Å². The number of carbonyl (C=O) groups is 2. The van der Waals surface area contributed by atoms with Crippen LogP contribution in [-0.4, -0.2) is 44.5 Å². The first-order chi connectivity index (χ1) is 8.54. The molecule has 1 atom stereocenters. The SMILES string of the molecule is Cc1nsc(NC(=O)N2CCC(CC(=O)O)C2)n1. The molecule has 0 aliphatic carbocycles. The van der Waals surface area contributed by atoms with E-state index in [2.05, 4.69) is 14.7 Å². The van der Waals surface area contributed by atoms with Crippen LogP contribution < -0.4 is 5.32 Å². The van der Waals surface area contributed by atoms with E-state index in [0.717, 1.165) is 18.0 Å². The molecule has 2 heterocycles. The number of likely N-dealkylation sites (tertiary alicyclic amines) is 1. The van der Waals surface area contributed by atoms with Crippen molar-refractivity contribution >= 4 is 28.7 Å². The number of carboxylic acids is 1. The normalized spacial score (nSPS) is 18.9. The van der Waals surface area contributed by atoms with Gasteiger partial charge in [-0.15, -0.1) is 0 Å². The van der Waals surface area contributed by atoms with Crippen LogP contribution in [0, 0.1) is 12.8 Å². The van der Waals surface area contributed by atoms with Crippen LogP contribution >= 0.6 is 11.5 Å². The summed E-state index contributed by atoms with van der Waals surface area (Å²) >= 11 is 1.13. The molecule has 1 unspecified atom stereocenters. The molecule has 2 N–H and O–H groups in total. The molecular formula is C10H14N4O3S. The summed E-state index contributed by atoms with van der Waals surface area (Å²) in [5.74, 6) is -0.146. The fourth-order valence-electron chi connectivity index (χ4n) is 1.95. The number of carbonyl (C=O) groups excluding carboxylic acids is 1. The van der Waals surface area contributed by atoms with Crippen molar-refractivity contribution in [3.05, 3.63) is 5.82 Å². The number of rotatable bonds is 3. The molecule has 98 valence electrons. The first-order valence-corrected chi connectivity index (χ1v) is 6.40. The molecule has 1 fully saturated rings. The Labute approximate surface area is 108 Å². The average molecular weight is 270 g/mol. The maximum Gasteiger partial charge on any atom is 0.323 e. The van der Waals surface area contributed by atoms with Crippen LogP contribution in [-0.2, 0) is 4.79 Å². The largest absolute Gasteiger partial charge is 0.481 e. The number of nitrogens with zero attached hydrogens (tertiary/aromatic N) is 3. The summed E-state index contributed by atoms with van der Waals surface area (Å²) in [6.07, 6.45) is 0.844. The Morgan fingerprint density at radius 2 is 2.39 bits per heavy atom. The minimum absolute atomic E-state index is 0.0457. The molecule has 18 heavy (non-hydrogen) atoms. The average Bonchev–Trinajstić information content (AvgIpc) is 2.87. The highest BCUT2D eigenvalue weighted by atomic mass is 32.1. The van der Waals surface area contributed by atoms with E-state index in [1.165, 1.54) is 0 Å². The molecule has 1 aliphatic heterocycles. The van der Waals surface area contributed by atoms with Gasteiger partial charge in [-0.2, -0.15) is 4.37 Å². The summed E-state index contributed by atoms with van der Waals surface area (Å²) in [6.45, 7) is 2.82. The van der Waals surface area contributed by atoms with Gasteiger partial charge < -0.3 is 10.0 Å². The van der Waals surface area contributed by atoms with Gasteiger partial charge in [-0.05, 0) is 19.3 Å². The molecule has 0 aromatic carbocycles. The van der Waals surface area contributed by atoms with E-state index in [1.807, 2.05) is 0 Å². The van der Waals surface area contributed by atoms with E-state index in [1.54, 1.807) is 11.8 Å². The zero-order chi connectivity index (χ0) is 13.1. The molecule has 1 aromatic heterocycles. The van der Waals surface area contributed by atoms with Crippen LogP contribution in [0.15, 0.2) is 0 Å². The predicted molar refractivity (Wildman–Crippen MR) is 65.6 cm³/mol. The number of aromatic nitrogens is 2. The third-order valence-electron chi connectivity index (χ3n) is 2.78. The molecule has 2 rings (SSSR count). The molecule has 7 nitrogen and oxygen atoms in total. The summed E-state index contributed by atoms with van der Waals surface area (Å²) in [5, 5.41) is 11.8. The summed E-state index contributed by atoms with van der Waals surface area (Å²) in [5.41, 5.74) is 0. The molecule has 1 aliphatic rings. The Morgan fingerprint density at radius 3 is 3.00 bits per heavy atom. The van der Waals surface area contributed by atoms with Crippen molar-refractivity contribution in [1.29, 1.82) is 0 Å². The number of aryl methyl sites for hydroxylation is 1. The summed E-state index contributed by atoms with van der Waals surface area (Å²) < 4.78 is 3.97. The van der Waals surface area contributed by atoms with E-state index >= 15 is 0 Å². The Morgan fingerprint density at radius 1 is 1.61 bits per heavy atom. The number of hydrogen-bond donors (Lipinski definition) is 2. The van der Waals surface area contributed by atoms with E-state index in [0.29, 0.717) is 24.0 Å². The van der Waals surface area contributed by atoms with Crippen molar-refractivity contribution in [2.45, 2.75) is 19.8 Å². The summed E-state index contributed by atoms with van der Waals surface area (Å²) in [4.78, 5) is 28.1. The number of aliphatic carboxylic acids is 1. The lowest BCUT2D eigenvalue weighted by atomic mass is 10.1. The molecule has 0 bridgehead atoms. The number of anilines is 1. The van der Waals surface area contributed by atoms with Crippen LogP contribution in [0.25, 0.3) is 0 Å². The highest BCUT2D eigenvalue weighted by molar-refractivity contribution is 7.09. The maximum absolute atomic E-state index is 11.9. The quantitative estimate of drug-likeness (QED) is 0.859. The maximum atomic E-state index is 11.9. The van der Waals surface area contributed by atoms with Gasteiger partial charge in [0, 0.05) is 31.0 Å². The van der Waals surface area contributed by atoms with Crippen molar-refractivity contribution in [3.8, 4) is 0 Å². The monoisotopic (exact) mass is 270 g/mol. The van der Waals surface area contributed by atoms with Gasteiger partial charge in [-0.25, -0.2) is 9.78 Å². The predicted octanol–water partition coefficient (Wildman–Crippen LogP) is 1.18. The smallest absolute Gasteiger partial charge is 0.323 e. The fourth-order valence-corrected chi connectivity index (χ4v) is 2.51.